The number of fused-ring (bicyclic) bond motifs is 5. The minimum atomic E-state index is -0.204. The molecule has 0 aromatic rings. The molecule has 4 saturated carbocycles. The summed E-state index contributed by atoms with van der Waals surface area (Å²) in [5, 5.41) is 0. The van der Waals surface area contributed by atoms with Gasteiger partial charge in [-0.25, -0.2) is 0 Å². The van der Waals surface area contributed by atoms with E-state index in [-0.39, 0.29) is 53.9 Å². The van der Waals surface area contributed by atoms with Crippen LogP contribution in [0.5, 0.6) is 0 Å². The van der Waals surface area contributed by atoms with Gasteiger partial charge in [-0.05, 0) is 138 Å². The van der Waals surface area contributed by atoms with Crippen LogP contribution >= 0.6 is 0 Å². The average molecular weight is 733 g/mol. The normalized spacial score (nSPS) is 34.7. The maximum atomic E-state index is 13.2. The molecule has 11 atom stereocenters. The smallest absolute Gasteiger partial charge is 0.307 e. The molecule has 4 aliphatic rings. The second-order valence-corrected chi connectivity index (χ2v) is 17.9. The van der Waals surface area contributed by atoms with Gasteiger partial charge >= 0.3 is 11.9 Å². The molecular formula is C43H80N4O5. The summed E-state index contributed by atoms with van der Waals surface area (Å²) in [5.74, 6) is 2.18. The highest BCUT2D eigenvalue weighted by Crippen LogP contribution is 2.69. The molecule has 4 aliphatic carbocycles. The van der Waals surface area contributed by atoms with Gasteiger partial charge in [-0.15, -0.1) is 0 Å². The van der Waals surface area contributed by atoms with Crippen molar-refractivity contribution in [1.29, 1.82) is 0 Å². The molecule has 0 heterocycles. The highest BCUT2D eigenvalue weighted by atomic mass is 16.5. The topological polar surface area (TPSA) is 143 Å². The van der Waals surface area contributed by atoms with Gasteiger partial charge in [-0.3, -0.25) is 9.59 Å². The summed E-state index contributed by atoms with van der Waals surface area (Å²) < 4.78 is 19.4. The van der Waals surface area contributed by atoms with Crippen molar-refractivity contribution in [2.75, 3.05) is 45.9 Å². The Hall–Kier alpha value is -1.26. The molecule has 0 aromatic carbocycles. The fourth-order valence-corrected chi connectivity index (χ4v) is 11.9. The Morgan fingerprint density at radius 1 is 0.769 bits per heavy atom. The number of nitrogens with two attached hydrogens (primary N) is 3. The third-order valence-corrected chi connectivity index (χ3v) is 14.7. The van der Waals surface area contributed by atoms with Gasteiger partial charge in [-0.2, -0.15) is 0 Å². The lowest BCUT2D eigenvalue weighted by Crippen LogP contribution is -2.63. The number of unbranched alkanes of at least 4 members (excludes halogenated alkanes) is 4. The van der Waals surface area contributed by atoms with Crippen LogP contribution < -0.4 is 17.2 Å². The van der Waals surface area contributed by atoms with Crippen LogP contribution in [0, 0.1) is 46.3 Å². The zero-order valence-corrected chi connectivity index (χ0v) is 34.1. The number of rotatable bonds is 23. The van der Waals surface area contributed by atoms with Crippen molar-refractivity contribution in [3.05, 3.63) is 0 Å². The molecule has 9 heteroatoms. The molecule has 4 fully saturated rings. The molecule has 6 N–H and O–H groups in total. The third kappa shape index (κ3) is 10.5. The highest BCUT2D eigenvalue weighted by Gasteiger charge is 2.67. The van der Waals surface area contributed by atoms with Gasteiger partial charge in [0.2, 0.25) is 0 Å². The largest absolute Gasteiger partial charge is 0.462 e. The van der Waals surface area contributed by atoms with Crippen LogP contribution in [0.15, 0.2) is 0 Å². The second-order valence-electron chi connectivity index (χ2n) is 17.9. The summed E-state index contributed by atoms with van der Waals surface area (Å²) in [7, 11) is 0. The van der Waals surface area contributed by atoms with Gasteiger partial charge in [0.25, 0.3) is 0 Å². The van der Waals surface area contributed by atoms with Crippen LogP contribution in [0.1, 0.15) is 150 Å². The molecule has 4 rings (SSSR count). The highest BCUT2D eigenvalue weighted by molar-refractivity contribution is 5.70. The fraction of sp³-hybridized carbons (Fsp3) is 0.953. The molecule has 0 aliphatic heterocycles. The summed E-state index contributed by atoms with van der Waals surface area (Å²) >= 11 is 0. The van der Waals surface area contributed by atoms with Crippen LogP contribution in [0.25, 0.3) is 0 Å². The first-order valence-electron chi connectivity index (χ1n) is 21.9. The number of nitrogens with zero attached hydrogens (tertiary/aromatic N) is 1. The molecule has 302 valence electrons. The molecule has 0 radical (unpaired) electrons. The predicted octanol–water partition coefficient (Wildman–Crippen LogP) is 7.22. The first-order valence-corrected chi connectivity index (χ1v) is 21.9. The Kier molecular flexibility index (Phi) is 17.7. The van der Waals surface area contributed by atoms with Crippen LogP contribution in [0.3, 0.4) is 0 Å². The van der Waals surface area contributed by atoms with E-state index in [4.69, 9.17) is 31.4 Å². The quantitative estimate of drug-likeness (QED) is 0.0733. The molecule has 52 heavy (non-hydrogen) atoms. The molecule has 0 amide bonds. The lowest BCUT2D eigenvalue weighted by Gasteiger charge is -2.64. The summed E-state index contributed by atoms with van der Waals surface area (Å²) in [6.45, 7) is 17.8. The molecule has 0 saturated heterocycles. The van der Waals surface area contributed by atoms with Crippen LogP contribution in [-0.2, 0) is 23.8 Å². The molecule has 9 nitrogen and oxygen atoms in total. The Bertz CT molecular complexity index is 1070. The van der Waals surface area contributed by atoms with E-state index in [0.29, 0.717) is 61.7 Å². The van der Waals surface area contributed by atoms with Crippen molar-refractivity contribution in [1.82, 2.24) is 4.90 Å². The minimum absolute atomic E-state index is 0.00774. The maximum Gasteiger partial charge on any atom is 0.307 e. The number of hydrogen-bond donors (Lipinski definition) is 3. The number of carbonyl (C=O) groups is 2. The van der Waals surface area contributed by atoms with Crippen molar-refractivity contribution >= 4 is 11.9 Å². The average Bonchev–Trinajstić information content (AvgIpc) is 3.47. The molecule has 0 bridgehead atoms. The van der Waals surface area contributed by atoms with Gasteiger partial charge in [0, 0.05) is 31.0 Å². The molecular weight excluding hydrogens is 652 g/mol. The van der Waals surface area contributed by atoms with Gasteiger partial charge in [0.05, 0.1) is 18.9 Å². The van der Waals surface area contributed by atoms with Gasteiger partial charge < -0.3 is 36.3 Å². The lowest BCUT2D eigenvalue weighted by molar-refractivity contribution is -0.226. The van der Waals surface area contributed by atoms with Crippen molar-refractivity contribution in [2.45, 2.75) is 169 Å². The standard InChI is InChI=1S/C43H80N4O5/c1-6-8-10-24-47(25-11-9-7-2)26-12-14-31(3)34-15-16-35-41-36(30-38(43(34,35)5)50-27-13-21-44)42(4)20-17-33(51-39(48)18-22-45)28-32(42)29-37(41)52-40(49)19-23-46/h31-38,41H,6-30,44-46H2,1-5H3/t31-,32+,33-,34-,35+,36+,37-,38+,41+,42+,43-/m1/s1. The second kappa shape index (κ2) is 21.2. The van der Waals surface area contributed by atoms with E-state index in [0.717, 1.165) is 44.9 Å². The first kappa shape index (κ1) is 43.5. The van der Waals surface area contributed by atoms with Crippen molar-refractivity contribution in [2.24, 2.45) is 63.5 Å². The number of esters is 2. The van der Waals surface area contributed by atoms with E-state index in [2.05, 4.69) is 39.5 Å². The van der Waals surface area contributed by atoms with E-state index < -0.39 is 0 Å². The Morgan fingerprint density at radius 3 is 2.06 bits per heavy atom. The van der Waals surface area contributed by atoms with Gasteiger partial charge in [0.1, 0.15) is 12.2 Å². The Labute approximate surface area is 317 Å². The van der Waals surface area contributed by atoms with Gasteiger partial charge in [-0.1, -0.05) is 60.3 Å². The van der Waals surface area contributed by atoms with Gasteiger partial charge in [0.15, 0.2) is 0 Å². The number of ether oxygens (including phenoxy) is 3. The monoisotopic (exact) mass is 733 g/mol. The molecule has 0 aromatic heterocycles. The summed E-state index contributed by atoms with van der Waals surface area (Å²) in [5.41, 5.74) is 17.6. The van der Waals surface area contributed by atoms with Crippen molar-refractivity contribution in [3.63, 3.8) is 0 Å². The van der Waals surface area contributed by atoms with E-state index in [9.17, 15) is 9.59 Å². The predicted molar refractivity (Wildman–Crippen MR) is 210 cm³/mol. The minimum Gasteiger partial charge on any atom is -0.462 e. The van der Waals surface area contributed by atoms with E-state index >= 15 is 0 Å². The van der Waals surface area contributed by atoms with E-state index in [1.807, 2.05) is 0 Å². The van der Waals surface area contributed by atoms with Crippen molar-refractivity contribution in [3.8, 4) is 0 Å². The summed E-state index contributed by atoms with van der Waals surface area (Å²) in [4.78, 5) is 28.4. The third-order valence-electron chi connectivity index (χ3n) is 14.7. The summed E-state index contributed by atoms with van der Waals surface area (Å²) in [6.07, 6.45) is 18.4. The summed E-state index contributed by atoms with van der Waals surface area (Å²) in [6, 6.07) is 0. The number of hydrogen-bond acceptors (Lipinski definition) is 9. The van der Waals surface area contributed by atoms with Crippen LogP contribution in [-0.4, -0.2) is 81.0 Å². The SMILES string of the molecule is CCCCCN(CCCCC)CCC[C@@H](C)[C@H]1CC[C@H]2[C@@H]3[C@H](OC(=O)CCN)C[C@@H]4C[C@H](OC(=O)CCN)CC[C@]4(C)[C@H]3C[C@H](OCCCN)[C@]12C. The van der Waals surface area contributed by atoms with E-state index in [1.165, 1.54) is 77.4 Å². The lowest BCUT2D eigenvalue weighted by atomic mass is 9.43. The van der Waals surface area contributed by atoms with Crippen molar-refractivity contribution < 1.29 is 23.8 Å². The van der Waals surface area contributed by atoms with Crippen LogP contribution in [0.2, 0.25) is 0 Å². The Balaban J connectivity index is 1.57. The maximum absolute atomic E-state index is 13.2. The Morgan fingerprint density at radius 2 is 1.42 bits per heavy atom. The van der Waals surface area contributed by atoms with Crippen LogP contribution in [0.4, 0.5) is 0 Å². The fourth-order valence-electron chi connectivity index (χ4n) is 11.9. The zero-order chi connectivity index (χ0) is 37.7. The van der Waals surface area contributed by atoms with E-state index in [1.54, 1.807) is 0 Å². The first-order chi connectivity index (χ1) is 25.1. The molecule has 0 unspecified atom stereocenters. The zero-order valence-electron chi connectivity index (χ0n) is 34.1. The number of carbonyl (C=O) groups excluding carboxylic acids is 2. The molecule has 0 spiro atoms.